The summed E-state index contributed by atoms with van der Waals surface area (Å²) in [7, 11) is 7.40. The molecular formula is C28H27ClN6O2. The van der Waals surface area contributed by atoms with Crippen molar-refractivity contribution >= 4 is 45.7 Å². The summed E-state index contributed by atoms with van der Waals surface area (Å²) in [5, 5.41) is 7.48. The van der Waals surface area contributed by atoms with Gasteiger partial charge in [-0.25, -0.2) is 9.97 Å². The molecule has 0 spiro atoms. The van der Waals surface area contributed by atoms with Gasteiger partial charge in [-0.05, 0) is 32.3 Å². The van der Waals surface area contributed by atoms with Crippen molar-refractivity contribution in [3.8, 4) is 28.8 Å². The normalized spacial score (nSPS) is 10.6. The summed E-state index contributed by atoms with van der Waals surface area (Å²) >= 11 is 6.53. The van der Waals surface area contributed by atoms with Crippen LogP contribution in [0.1, 0.15) is 5.56 Å². The van der Waals surface area contributed by atoms with Crippen LogP contribution in [-0.4, -0.2) is 53.1 Å². The van der Waals surface area contributed by atoms with E-state index in [0.717, 1.165) is 16.5 Å². The Morgan fingerprint density at radius 2 is 2.05 bits per heavy atom. The van der Waals surface area contributed by atoms with Crippen molar-refractivity contribution in [2.24, 2.45) is 7.05 Å². The van der Waals surface area contributed by atoms with Gasteiger partial charge in [0.25, 0.3) is 0 Å². The highest BCUT2D eigenvalue weighted by Crippen LogP contribution is 2.36. The van der Waals surface area contributed by atoms with E-state index in [9.17, 15) is 4.79 Å². The Kier molecular flexibility index (Phi) is 7.77. The molecule has 37 heavy (non-hydrogen) atoms. The molecule has 0 aliphatic rings. The van der Waals surface area contributed by atoms with E-state index < -0.39 is 0 Å². The Balaban J connectivity index is 1.76. The molecule has 9 heteroatoms. The van der Waals surface area contributed by atoms with Crippen LogP contribution in [0.2, 0.25) is 5.02 Å². The monoisotopic (exact) mass is 514 g/mol. The molecule has 0 aliphatic heterocycles. The summed E-state index contributed by atoms with van der Waals surface area (Å²) in [6.45, 7) is 4.10. The van der Waals surface area contributed by atoms with Crippen LogP contribution in [0.25, 0.3) is 22.2 Å². The van der Waals surface area contributed by atoms with E-state index in [1.165, 1.54) is 6.08 Å². The first-order valence-electron chi connectivity index (χ1n) is 11.4. The number of hydrogen-bond donors (Lipinski definition) is 2. The molecule has 0 bridgehead atoms. The number of nitrogens with one attached hydrogen (secondary N) is 2. The van der Waals surface area contributed by atoms with Crippen molar-refractivity contribution < 1.29 is 9.53 Å². The summed E-state index contributed by atoms with van der Waals surface area (Å²) in [5.41, 5.74) is 4.21. The average Bonchev–Trinajstić information content (AvgIpc) is 3.22. The number of benzene rings is 2. The molecule has 4 rings (SSSR count). The number of anilines is 3. The summed E-state index contributed by atoms with van der Waals surface area (Å²) in [5.74, 6) is 6.65. The molecule has 0 aliphatic carbocycles. The van der Waals surface area contributed by atoms with Gasteiger partial charge in [0.2, 0.25) is 11.9 Å². The van der Waals surface area contributed by atoms with Crippen LogP contribution >= 0.6 is 11.6 Å². The van der Waals surface area contributed by atoms with Crippen LogP contribution in [0.3, 0.4) is 0 Å². The first-order chi connectivity index (χ1) is 17.8. The van der Waals surface area contributed by atoms with Gasteiger partial charge in [0.1, 0.15) is 5.75 Å². The minimum absolute atomic E-state index is 0.318. The minimum atomic E-state index is -0.354. The summed E-state index contributed by atoms with van der Waals surface area (Å²) in [4.78, 5) is 23.1. The standard InChI is InChI=1S/C28H27ClN6O2/c1-6-26(36)31-22-15-23(25(37-5)14-18(22)10-9-13-34(2)3)32-28-30-16-21(29)27(33-28)20-17-35(4)24-12-8-7-11-19(20)24/h6-8,11-12,14-17H,1,13H2,2-5H3,(H,31,36)(H,30,32,33). The Labute approximate surface area is 220 Å². The Morgan fingerprint density at radius 1 is 1.27 bits per heavy atom. The summed E-state index contributed by atoms with van der Waals surface area (Å²) in [6, 6.07) is 11.5. The molecule has 0 saturated carbocycles. The molecule has 0 radical (unpaired) electrons. The zero-order valence-electron chi connectivity index (χ0n) is 21.1. The maximum Gasteiger partial charge on any atom is 0.247 e. The lowest BCUT2D eigenvalue weighted by molar-refractivity contribution is -0.111. The quantitative estimate of drug-likeness (QED) is 0.264. The number of halogens is 1. The van der Waals surface area contributed by atoms with E-state index >= 15 is 0 Å². The van der Waals surface area contributed by atoms with Gasteiger partial charge in [0.15, 0.2) is 0 Å². The fourth-order valence-electron chi connectivity index (χ4n) is 3.80. The van der Waals surface area contributed by atoms with E-state index in [0.29, 0.717) is 45.9 Å². The van der Waals surface area contributed by atoms with Crippen molar-refractivity contribution in [3.05, 3.63) is 72.0 Å². The third-order valence-corrected chi connectivity index (χ3v) is 5.82. The molecule has 0 saturated heterocycles. The highest BCUT2D eigenvalue weighted by atomic mass is 35.5. The third-order valence-electron chi connectivity index (χ3n) is 5.54. The molecule has 0 atom stereocenters. The molecule has 4 aromatic rings. The molecule has 0 fully saturated rings. The number of aryl methyl sites for hydroxylation is 1. The number of rotatable bonds is 7. The van der Waals surface area contributed by atoms with Gasteiger partial charge in [0.05, 0.1) is 47.5 Å². The van der Waals surface area contributed by atoms with Crippen molar-refractivity contribution in [2.75, 3.05) is 38.4 Å². The molecule has 2 aromatic heterocycles. The van der Waals surface area contributed by atoms with Crippen LogP contribution in [0.5, 0.6) is 5.75 Å². The Morgan fingerprint density at radius 3 is 2.78 bits per heavy atom. The van der Waals surface area contributed by atoms with Crippen molar-refractivity contribution in [2.45, 2.75) is 0 Å². The van der Waals surface area contributed by atoms with Gasteiger partial charge in [-0.3, -0.25) is 9.69 Å². The highest BCUT2D eigenvalue weighted by Gasteiger charge is 2.16. The second kappa shape index (κ2) is 11.2. The highest BCUT2D eigenvalue weighted by molar-refractivity contribution is 6.33. The first kappa shape index (κ1) is 25.8. The molecule has 1 amide bonds. The molecule has 8 nitrogen and oxygen atoms in total. The fourth-order valence-corrected chi connectivity index (χ4v) is 3.99. The lowest BCUT2D eigenvalue weighted by atomic mass is 10.1. The number of carbonyl (C=O) groups excluding carboxylic acids is 1. The van der Waals surface area contributed by atoms with Crippen molar-refractivity contribution in [3.63, 3.8) is 0 Å². The number of amides is 1. The zero-order chi connectivity index (χ0) is 26.5. The number of carbonyl (C=O) groups is 1. The number of aromatic nitrogens is 3. The zero-order valence-corrected chi connectivity index (χ0v) is 21.8. The smallest absolute Gasteiger partial charge is 0.247 e. The SMILES string of the molecule is C=CC(=O)Nc1cc(Nc2ncc(Cl)c(-c3cn(C)c4ccccc34)n2)c(OC)cc1C#CCN(C)C. The third kappa shape index (κ3) is 5.75. The van der Waals surface area contributed by atoms with Gasteiger partial charge < -0.3 is 19.9 Å². The predicted molar refractivity (Wildman–Crippen MR) is 149 cm³/mol. The van der Waals surface area contributed by atoms with E-state index in [4.69, 9.17) is 21.3 Å². The van der Waals surface area contributed by atoms with Gasteiger partial charge in [-0.2, -0.15) is 0 Å². The van der Waals surface area contributed by atoms with Crippen LogP contribution in [0, 0.1) is 11.8 Å². The fraction of sp³-hybridized carbons (Fsp3) is 0.179. The number of hydrogen-bond acceptors (Lipinski definition) is 6. The van der Waals surface area contributed by atoms with Crippen molar-refractivity contribution in [1.29, 1.82) is 0 Å². The molecule has 2 aromatic carbocycles. The summed E-state index contributed by atoms with van der Waals surface area (Å²) in [6.07, 6.45) is 4.75. The Hall–Kier alpha value is -4.32. The topological polar surface area (TPSA) is 84.3 Å². The van der Waals surface area contributed by atoms with Gasteiger partial charge in [-0.1, -0.05) is 48.2 Å². The average molecular weight is 515 g/mol. The lowest BCUT2D eigenvalue weighted by Crippen LogP contribution is -2.11. The van der Waals surface area contributed by atoms with Crippen molar-refractivity contribution in [1.82, 2.24) is 19.4 Å². The predicted octanol–water partition coefficient (Wildman–Crippen LogP) is 5.08. The van der Waals surface area contributed by atoms with Crippen LogP contribution < -0.4 is 15.4 Å². The van der Waals surface area contributed by atoms with E-state index in [1.807, 2.05) is 61.1 Å². The molecule has 2 N–H and O–H groups in total. The molecule has 2 heterocycles. The summed E-state index contributed by atoms with van der Waals surface area (Å²) < 4.78 is 7.64. The number of methoxy groups -OCH3 is 1. The first-order valence-corrected chi connectivity index (χ1v) is 11.8. The molecule has 0 unspecified atom stereocenters. The van der Waals surface area contributed by atoms with Gasteiger partial charge in [-0.15, -0.1) is 0 Å². The van der Waals surface area contributed by atoms with Crippen LogP contribution in [0.4, 0.5) is 17.3 Å². The number of ether oxygens (including phenoxy) is 1. The van der Waals surface area contributed by atoms with E-state index in [2.05, 4.69) is 34.0 Å². The van der Waals surface area contributed by atoms with Crippen LogP contribution in [-0.2, 0) is 11.8 Å². The van der Waals surface area contributed by atoms with Crippen LogP contribution in [0.15, 0.2) is 61.4 Å². The number of fused-ring (bicyclic) bond motifs is 1. The second-order valence-electron chi connectivity index (χ2n) is 8.52. The van der Waals surface area contributed by atoms with Gasteiger partial charge in [0, 0.05) is 35.8 Å². The Bertz CT molecular complexity index is 1550. The lowest BCUT2D eigenvalue weighted by Gasteiger charge is -2.15. The largest absolute Gasteiger partial charge is 0.495 e. The number of nitrogens with zero attached hydrogens (tertiary/aromatic N) is 4. The maximum absolute atomic E-state index is 12.1. The van der Waals surface area contributed by atoms with E-state index in [1.54, 1.807) is 25.4 Å². The second-order valence-corrected chi connectivity index (χ2v) is 8.92. The minimum Gasteiger partial charge on any atom is -0.495 e. The van der Waals surface area contributed by atoms with E-state index in [-0.39, 0.29) is 5.91 Å². The van der Waals surface area contributed by atoms with Gasteiger partial charge >= 0.3 is 0 Å². The molecule has 188 valence electrons. The number of para-hydroxylation sites is 1. The maximum atomic E-state index is 12.1. The molecular weight excluding hydrogens is 488 g/mol.